The molecule has 6 aromatic rings. The number of fused-ring (bicyclic) bond motifs is 3. The van der Waals surface area contributed by atoms with Crippen LogP contribution in [0.15, 0.2) is 164 Å². The van der Waals surface area contributed by atoms with Crippen molar-refractivity contribution < 1.29 is 43.7 Å². The third-order valence-electron chi connectivity index (χ3n) is 13.4. The number of benzene rings is 6. The number of morpholine rings is 1. The Labute approximate surface area is 410 Å². The van der Waals surface area contributed by atoms with E-state index in [9.17, 15) is 15.0 Å². The Bertz CT molecular complexity index is 2990. The summed E-state index contributed by atoms with van der Waals surface area (Å²) in [4.78, 5) is 77.7. The van der Waals surface area contributed by atoms with Crippen molar-refractivity contribution in [2.75, 3.05) is 31.2 Å². The predicted molar refractivity (Wildman–Crippen MR) is 263 cm³/mol. The number of nitrogens with two attached hydrogens (primary N) is 1. The lowest BCUT2D eigenvalue weighted by atomic mass is 9.65. The number of anilines is 1. The van der Waals surface area contributed by atoms with E-state index in [-0.39, 0.29) is 43.3 Å². The van der Waals surface area contributed by atoms with Crippen LogP contribution in [0.25, 0.3) is 0 Å². The molecule has 0 radical (unpaired) electrons. The maximum atomic E-state index is 16.7. The first kappa shape index (κ1) is 47.8. The SMILES string of the molecule is C[C@@H](NC(=O)N1C(=O)[C@@]2(c3cc(C#CCNC(N)=O)ccc31)[C@H](c1ccccc1OCCO)N1[C@H](c3ccccc3)[C@H](c3ccccc3)OC(=O)[C@H]1[C@@H]2C(=O)NC[C@H](O)c1ccccc1)c1ccccc1. The van der Waals surface area contributed by atoms with Crippen LogP contribution in [0.1, 0.15) is 76.2 Å². The summed E-state index contributed by atoms with van der Waals surface area (Å²) in [7, 11) is 0. The molecule has 15 heteroatoms. The molecule has 3 aliphatic heterocycles. The Morgan fingerprint density at radius 3 is 2.07 bits per heavy atom. The highest BCUT2D eigenvalue weighted by molar-refractivity contribution is 6.24. The number of imide groups is 1. The van der Waals surface area contributed by atoms with Crippen molar-refractivity contribution in [3.8, 4) is 17.6 Å². The number of nitrogens with zero attached hydrogens (tertiary/aromatic N) is 2. The van der Waals surface area contributed by atoms with Crippen molar-refractivity contribution in [3.63, 3.8) is 0 Å². The molecule has 360 valence electrons. The maximum absolute atomic E-state index is 16.7. The number of ether oxygens (including phenoxy) is 2. The number of amides is 6. The number of urea groups is 2. The fourth-order valence-electron chi connectivity index (χ4n) is 10.4. The van der Waals surface area contributed by atoms with E-state index in [0.29, 0.717) is 27.8 Å². The first-order valence-corrected chi connectivity index (χ1v) is 23.3. The first-order chi connectivity index (χ1) is 34.5. The highest BCUT2D eigenvalue weighted by atomic mass is 16.6. The van der Waals surface area contributed by atoms with Gasteiger partial charge in [0.2, 0.25) is 11.8 Å². The van der Waals surface area contributed by atoms with Gasteiger partial charge in [0.1, 0.15) is 29.9 Å². The molecule has 2 saturated heterocycles. The molecule has 6 aromatic carbocycles. The van der Waals surface area contributed by atoms with Crippen molar-refractivity contribution >= 4 is 35.5 Å². The van der Waals surface area contributed by atoms with Crippen LogP contribution in [0.3, 0.4) is 0 Å². The molecule has 8 atom stereocenters. The van der Waals surface area contributed by atoms with Gasteiger partial charge >= 0.3 is 18.0 Å². The van der Waals surface area contributed by atoms with Gasteiger partial charge in [0.15, 0.2) is 0 Å². The number of primary amides is 1. The molecule has 0 bridgehead atoms. The summed E-state index contributed by atoms with van der Waals surface area (Å²) in [5.74, 6) is 2.07. The van der Waals surface area contributed by atoms with E-state index in [2.05, 4.69) is 27.8 Å². The van der Waals surface area contributed by atoms with E-state index in [4.69, 9.17) is 15.2 Å². The Kier molecular flexibility index (Phi) is 14.0. The molecule has 6 amide bonds. The number of para-hydroxylation sites is 1. The van der Waals surface area contributed by atoms with Crippen LogP contribution < -0.4 is 31.3 Å². The normalized spacial score (nSPS) is 22.0. The van der Waals surface area contributed by atoms with E-state index < -0.39 is 77.6 Å². The molecule has 2 fully saturated rings. The van der Waals surface area contributed by atoms with Crippen LogP contribution >= 0.6 is 0 Å². The summed E-state index contributed by atoms with van der Waals surface area (Å²) in [5.41, 5.74) is 6.79. The molecule has 7 N–H and O–H groups in total. The van der Waals surface area contributed by atoms with Crippen LogP contribution in [-0.4, -0.2) is 77.3 Å². The van der Waals surface area contributed by atoms with Gasteiger partial charge in [-0.2, -0.15) is 0 Å². The average molecular weight is 953 g/mol. The number of esters is 1. The zero-order valence-corrected chi connectivity index (χ0v) is 38.7. The summed E-state index contributed by atoms with van der Waals surface area (Å²) in [6, 6.07) is 42.4. The number of hydrogen-bond acceptors (Lipinski definition) is 10. The Morgan fingerprint density at radius 1 is 0.789 bits per heavy atom. The molecule has 3 aliphatic rings. The van der Waals surface area contributed by atoms with Gasteiger partial charge in [-0.15, -0.1) is 0 Å². The minimum Gasteiger partial charge on any atom is -0.491 e. The standard InChI is InChI=1S/C56H52N6O9/c1-35(37-18-6-2-7-19-37)60-55(69)61-43-29-28-36(17-16-30-58-54(57)68)33-42(43)56(53(61)67)46(51(65)59-34-44(64)38-20-8-3-9-21-38)48-52(66)71-49(40-24-12-5-13-25-40)47(39-22-10-4-11-23-39)62(48)50(56)41-26-14-15-27-45(41)70-32-31-63/h2-15,18-29,33,35,44,46-50,63-64H,30-32,34H2,1H3,(H,59,65)(H,60,69)(H3,57,58,68)/t35-,44+,46-,47-,48-,49+,50+,56-/m1/s1. The fraction of sp³-hybridized carbons (Fsp3) is 0.232. The van der Waals surface area contributed by atoms with Gasteiger partial charge in [0.05, 0.1) is 49.0 Å². The predicted octanol–water partition coefficient (Wildman–Crippen LogP) is 6.06. The number of cyclic esters (lactones) is 1. The minimum atomic E-state index is -2.19. The van der Waals surface area contributed by atoms with E-state index in [0.717, 1.165) is 10.5 Å². The Morgan fingerprint density at radius 2 is 1.41 bits per heavy atom. The van der Waals surface area contributed by atoms with Crippen molar-refractivity contribution in [2.24, 2.45) is 11.7 Å². The van der Waals surface area contributed by atoms with E-state index in [1.54, 1.807) is 79.7 Å². The lowest BCUT2D eigenvalue weighted by Crippen LogP contribution is -2.56. The lowest BCUT2D eigenvalue weighted by molar-refractivity contribution is -0.178. The van der Waals surface area contributed by atoms with Gasteiger partial charge in [0, 0.05) is 17.7 Å². The Balaban J connectivity index is 1.34. The third kappa shape index (κ3) is 9.07. The van der Waals surface area contributed by atoms with E-state index in [1.165, 1.54) is 0 Å². The lowest BCUT2D eigenvalue weighted by Gasteiger charge is -2.46. The smallest absolute Gasteiger partial charge is 0.329 e. The summed E-state index contributed by atoms with van der Waals surface area (Å²) in [6.45, 7) is 0.854. The summed E-state index contributed by atoms with van der Waals surface area (Å²) in [6.07, 6.45) is -2.19. The van der Waals surface area contributed by atoms with Gasteiger partial charge in [0.25, 0.3) is 0 Å². The zero-order chi connectivity index (χ0) is 49.6. The first-order valence-electron chi connectivity index (χ1n) is 23.3. The number of aliphatic hydroxyl groups is 2. The number of carbonyl (C=O) groups is 5. The van der Waals surface area contributed by atoms with Crippen LogP contribution in [0, 0.1) is 17.8 Å². The molecule has 0 aliphatic carbocycles. The second-order valence-electron chi connectivity index (χ2n) is 17.5. The number of aliphatic hydroxyl groups excluding tert-OH is 2. The molecule has 0 unspecified atom stereocenters. The Hall–Kier alpha value is -8.29. The summed E-state index contributed by atoms with van der Waals surface area (Å²) >= 11 is 0. The highest BCUT2D eigenvalue weighted by Crippen LogP contribution is 2.66. The largest absolute Gasteiger partial charge is 0.491 e. The molecular weight excluding hydrogens is 901 g/mol. The van der Waals surface area contributed by atoms with Crippen LogP contribution in [0.5, 0.6) is 5.75 Å². The zero-order valence-electron chi connectivity index (χ0n) is 38.7. The average Bonchev–Trinajstić information content (AvgIpc) is 3.85. The molecule has 3 heterocycles. The third-order valence-corrected chi connectivity index (χ3v) is 13.4. The van der Waals surface area contributed by atoms with Crippen LogP contribution in [-0.2, 0) is 24.5 Å². The van der Waals surface area contributed by atoms with Crippen molar-refractivity contribution in [1.82, 2.24) is 20.9 Å². The number of carbonyl (C=O) groups excluding carboxylic acids is 5. The number of nitrogens with one attached hydrogen (secondary N) is 3. The van der Waals surface area contributed by atoms with Gasteiger partial charge in [-0.3, -0.25) is 19.3 Å². The minimum absolute atomic E-state index is 0.114. The highest BCUT2D eigenvalue weighted by Gasteiger charge is 2.76. The second kappa shape index (κ2) is 20.7. The molecule has 0 aromatic heterocycles. The molecular formula is C56H52N6O9. The molecule has 15 nitrogen and oxygen atoms in total. The van der Waals surface area contributed by atoms with E-state index >= 15 is 19.2 Å². The van der Waals surface area contributed by atoms with E-state index in [1.807, 2.05) is 95.9 Å². The molecule has 0 saturated carbocycles. The second-order valence-corrected chi connectivity index (χ2v) is 17.5. The van der Waals surface area contributed by atoms with Gasteiger partial charge < -0.3 is 41.4 Å². The van der Waals surface area contributed by atoms with Gasteiger partial charge in [-0.1, -0.05) is 151 Å². The molecule has 1 spiro atoms. The van der Waals surface area contributed by atoms with Gasteiger partial charge in [-0.25, -0.2) is 14.5 Å². The topological polar surface area (TPSA) is 213 Å². The monoisotopic (exact) mass is 952 g/mol. The number of hydrogen-bond donors (Lipinski definition) is 6. The van der Waals surface area contributed by atoms with Crippen molar-refractivity contribution in [3.05, 3.63) is 203 Å². The molecule has 71 heavy (non-hydrogen) atoms. The van der Waals surface area contributed by atoms with Gasteiger partial charge in [-0.05, 0) is 59.0 Å². The molecule has 9 rings (SSSR count). The summed E-state index contributed by atoms with van der Waals surface area (Å²) < 4.78 is 12.9. The van der Waals surface area contributed by atoms with Crippen molar-refractivity contribution in [1.29, 1.82) is 0 Å². The quantitative estimate of drug-likeness (QED) is 0.0582. The number of rotatable bonds is 13. The van der Waals surface area contributed by atoms with Crippen LogP contribution in [0.2, 0.25) is 0 Å². The maximum Gasteiger partial charge on any atom is 0.329 e. The van der Waals surface area contributed by atoms with Crippen molar-refractivity contribution in [2.45, 2.75) is 48.7 Å². The fourth-order valence-corrected chi connectivity index (χ4v) is 10.4. The van der Waals surface area contributed by atoms with Crippen LogP contribution in [0.4, 0.5) is 15.3 Å². The summed E-state index contributed by atoms with van der Waals surface area (Å²) in [5, 5.41) is 30.0.